The highest BCUT2D eigenvalue weighted by Crippen LogP contribution is 2.29. The summed E-state index contributed by atoms with van der Waals surface area (Å²) in [4.78, 5) is 4.56. The number of benzene rings is 1. The van der Waals surface area contributed by atoms with E-state index in [1.54, 1.807) is 6.07 Å². The summed E-state index contributed by atoms with van der Waals surface area (Å²) in [7, 11) is 0. The monoisotopic (exact) mass is 230 g/mol. The zero-order valence-electron chi connectivity index (χ0n) is 9.91. The van der Waals surface area contributed by atoms with Gasteiger partial charge in [0, 0.05) is 18.5 Å². The first kappa shape index (κ1) is 10.5. The minimum Gasteiger partial charge on any atom is -0.328 e. The van der Waals surface area contributed by atoms with Crippen LogP contribution in [0.2, 0.25) is 0 Å². The molecule has 2 heterocycles. The first-order valence-corrected chi connectivity index (χ1v) is 6.08. The maximum Gasteiger partial charge on any atom is 0.132 e. The summed E-state index contributed by atoms with van der Waals surface area (Å²) in [6.45, 7) is 2.92. The highest BCUT2D eigenvalue weighted by molar-refractivity contribution is 5.63. The third kappa shape index (κ3) is 1.66. The number of aryl methyl sites for hydroxylation is 2. The summed E-state index contributed by atoms with van der Waals surface area (Å²) in [5, 5.41) is 0. The topological polar surface area (TPSA) is 17.8 Å². The largest absolute Gasteiger partial charge is 0.328 e. The van der Waals surface area contributed by atoms with Gasteiger partial charge < -0.3 is 4.57 Å². The minimum absolute atomic E-state index is 0.163. The van der Waals surface area contributed by atoms with E-state index in [4.69, 9.17) is 0 Å². The van der Waals surface area contributed by atoms with Crippen molar-refractivity contribution in [2.24, 2.45) is 0 Å². The standard InChI is InChI=1S/C14H15FN2/c1-10-14(11-6-2-3-7-12(11)15)17-9-5-4-8-13(17)16-10/h2-3,6-7H,4-5,8-9H2,1H3. The van der Waals surface area contributed by atoms with Crippen molar-refractivity contribution in [3.05, 3.63) is 41.6 Å². The molecule has 3 heteroatoms. The zero-order valence-corrected chi connectivity index (χ0v) is 9.91. The molecule has 1 aliphatic heterocycles. The van der Waals surface area contributed by atoms with Gasteiger partial charge in [-0.2, -0.15) is 0 Å². The van der Waals surface area contributed by atoms with Crippen molar-refractivity contribution < 1.29 is 4.39 Å². The molecule has 1 aromatic heterocycles. The number of nitrogens with zero attached hydrogens (tertiary/aromatic N) is 2. The maximum atomic E-state index is 13.9. The summed E-state index contributed by atoms with van der Waals surface area (Å²) < 4.78 is 16.0. The normalized spacial score (nSPS) is 14.7. The van der Waals surface area contributed by atoms with Crippen LogP contribution in [0.4, 0.5) is 4.39 Å². The van der Waals surface area contributed by atoms with Gasteiger partial charge in [-0.1, -0.05) is 12.1 Å². The second-order valence-electron chi connectivity index (χ2n) is 4.55. The number of hydrogen-bond donors (Lipinski definition) is 0. The second-order valence-corrected chi connectivity index (χ2v) is 4.55. The molecule has 0 saturated heterocycles. The van der Waals surface area contributed by atoms with Crippen LogP contribution < -0.4 is 0 Å². The Labute approximate surface area is 100 Å². The lowest BCUT2D eigenvalue weighted by atomic mass is 10.1. The maximum absolute atomic E-state index is 13.9. The quantitative estimate of drug-likeness (QED) is 0.734. The highest BCUT2D eigenvalue weighted by Gasteiger charge is 2.20. The Morgan fingerprint density at radius 1 is 1.24 bits per heavy atom. The molecule has 0 fully saturated rings. The van der Waals surface area contributed by atoms with E-state index in [-0.39, 0.29) is 5.82 Å². The number of halogens is 1. The fourth-order valence-corrected chi connectivity index (χ4v) is 2.61. The van der Waals surface area contributed by atoms with Crippen LogP contribution in [-0.2, 0) is 13.0 Å². The summed E-state index contributed by atoms with van der Waals surface area (Å²) >= 11 is 0. The van der Waals surface area contributed by atoms with Crippen molar-refractivity contribution in [2.75, 3.05) is 0 Å². The Hall–Kier alpha value is -1.64. The molecule has 1 aromatic carbocycles. The van der Waals surface area contributed by atoms with Gasteiger partial charge in [0.15, 0.2) is 0 Å². The Bertz CT molecular complexity index is 557. The van der Waals surface area contributed by atoms with Crippen LogP contribution in [0.25, 0.3) is 11.3 Å². The molecule has 0 unspecified atom stereocenters. The van der Waals surface area contributed by atoms with Crippen LogP contribution in [0.1, 0.15) is 24.4 Å². The van der Waals surface area contributed by atoms with E-state index in [1.165, 1.54) is 12.5 Å². The van der Waals surface area contributed by atoms with E-state index in [0.717, 1.165) is 36.6 Å². The molecular formula is C14H15FN2. The predicted molar refractivity (Wildman–Crippen MR) is 65.3 cm³/mol. The summed E-state index contributed by atoms with van der Waals surface area (Å²) in [5.41, 5.74) is 2.57. The predicted octanol–water partition coefficient (Wildman–Crippen LogP) is 3.33. The molecule has 0 saturated carbocycles. The number of rotatable bonds is 1. The number of fused-ring (bicyclic) bond motifs is 1. The number of aromatic nitrogens is 2. The van der Waals surface area contributed by atoms with E-state index >= 15 is 0 Å². The lowest BCUT2D eigenvalue weighted by molar-refractivity contribution is 0.524. The van der Waals surface area contributed by atoms with Crippen molar-refractivity contribution >= 4 is 0 Å². The van der Waals surface area contributed by atoms with Gasteiger partial charge in [0.25, 0.3) is 0 Å². The molecule has 2 aromatic rings. The molecule has 0 spiro atoms. The average Bonchev–Trinajstić information content (AvgIpc) is 2.66. The summed E-state index contributed by atoms with van der Waals surface area (Å²) in [5.74, 6) is 0.941. The molecule has 0 atom stereocenters. The van der Waals surface area contributed by atoms with E-state index in [0.29, 0.717) is 5.56 Å². The average molecular weight is 230 g/mol. The van der Waals surface area contributed by atoms with Crippen LogP contribution >= 0.6 is 0 Å². The molecular weight excluding hydrogens is 215 g/mol. The summed E-state index contributed by atoms with van der Waals surface area (Å²) in [6, 6.07) is 6.95. The van der Waals surface area contributed by atoms with Crippen molar-refractivity contribution in [1.82, 2.24) is 9.55 Å². The lowest BCUT2D eigenvalue weighted by Crippen LogP contribution is -2.11. The lowest BCUT2D eigenvalue weighted by Gasteiger charge is -2.16. The fourth-order valence-electron chi connectivity index (χ4n) is 2.61. The van der Waals surface area contributed by atoms with Gasteiger partial charge in [-0.15, -0.1) is 0 Å². The van der Waals surface area contributed by atoms with Gasteiger partial charge in [-0.05, 0) is 31.9 Å². The SMILES string of the molecule is Cc1nc2n(c1-c1ccccc1F)CCCC2. The van der Waals surface area contributed by atoms with Gasteiger partial charge >= 0.3 is 0 Å². The van der Waals surface area contributed by atoms with Crippen molar-refractivity contribution in [3.63, 3.8) is 0 Å². The van der Waals surface area contributed by atoms with Gasteiger partial charge in [0.2, 0.25) is 0 Å². The van der Waals surface area contributed by atoms with Crippen molar-refractivity contribution in [1.29, 1.82) is 0 Å². The molecule has 0 amide bonds. The molecule has 88 valence electrons. The van der Waals surface area contributed by atoms with Crippen LogP contribution in [0.15, 0.2) is 24.3 Å². The van der Waals surface area contributed by atoms with E-state index in [9.17, 15) is 4.39 Å². The highest BCUT2D eigenvalue weighted by atomic mass is 19.1. The first-order chi connectivity index (χ1) is 8.27. The van der Waals surface area contributed by atoms with Gasteiger partial charge in [-0.25, -0.2) is 9.37 Å². The molecule has 17 heavy (non-hydrogen) atoms. The Morgan fingerprint density at radius 2 is 2.06 bits per heavy atom. The van der Waals surface area contributed by atoms with Crippen molar-refractivity contribution in [3.8, 4) is 11.3 Å². The minimum atomic E-state index is -0.163. The summed E-state index contributed by atoms with van der Waals surface area (Å²) in [6.07, 6.45) is 3.35. The fraction of sp³-hybridized carbons (Fsp3) is 0.357. The smallest absolute Gasteiger partial charge is 0.132 e. The third-order valence-electron chi connectivity index (χ3n) is 3.38. The first-order valence-electron chi connectivity index (χ1n) is 6.08. The van der Waals surface area contributed by atoms with Gasteiger partial charge in [0.05, 0.1) is 11.4 Å². The zero-order chi connectivity index (χ0) is 11.8. The molecule has 3 rings (SSSR count). The van der Waals surface area contributed by atoms with E-state index in [2.05, 4.69) is 9.55 Å². The molecule has 0 bridgehead atoms. The Morgan fingerprint density at radius 3 is 2.88 bits per heavy atom. The number of imidazole rings is 1. The molecule has 1 aliphatic rings. The molecule has 0 aliphatic carbocycles. The van der Waals surface area contributed by atoms with Gasteiger partial charge in [-0.3, -0.25) is 0 Å². The van der Waals surface area contributed by atoms with Crippen LogP contribution in [0.3, 0.4) is 0 Å². The molecule has 0 radical (unpaired) electrons. The van der Waals surface area contributed by atoms with E-state index < -0.39 is 0 Å². The molecule has 2 nitrogen and oxygen atoms in total. The Balaban J connectivity index is 2.21. The second kappa shape index (κ2) is 3.99. The number of hydrogen-bond acceptors (Lipinski definition) is 1. The van der Waals surface area contributed by atoms with Crippen LogP contribution in [0.5, 0.6) is 0 Å². The molecule has 0 N–H and O–H groups in total. The third-order valence-corrected chi connectivity index (χ3v) is 3.38. The van der Waals surface area contributed by atoms with Crippen molar-refractivity contribution in [2.45, 2.75) is 32.7 Å². The Kier molecular flexibility index (Phi) is 2.46. The van der Waals surface area contributed by atoms with E-state index in [1.807, 2.05) is 19.1 Å². The van der Waals surface area contributed by atoms with Gasteiger partial charge in [0.1, 0.15) is 11.6 Å². The van der Waals surface area contributed by atoms with Crippen LogP contribution in [-0.4, -0.2) is 9.55 Å². The van der Waals surface area contributed by atoms with Crippen LogP contribution in [0, 0.1) is 12.7 Å².